The van der Waals surface area contributed by atoms with Crippen LogP contribution in [-0.2, 0) is 11.2 Å². The van der Waals surface area contributed by atoms with Crippen molar-refractivity contribution in [3.05, 3.63) is 83.1 Å². The quantitative estimate of drug-likeness (QED) is 0.420. The zero-order valence-corrected chi connectivity index (χ0v) is 16.6. The first-order chi connectivity index (χ1) is 14.0. The van der Waals surface area contributed by atoms with Crippen molar-refractivity contribution < 1.29 is 13.9 Å². The first-order valence-electron chi connectivity index (χ1n) is 9.24. The fourth-order valence-corrected chi connectivity index (χ4v) is 3.81. The second kappa shape index (κ2) is 8.41. The van der Waals surface area contributed by atoms with Gasteiger partial charge in [0.25, 0.3) is 0 Å². The number of nitrogens with one attached hydrogen (secondary N) is 1. The molecule has 0 saturated carbocycles. The van der Waals surface area contributed by atoms with Gasteiger partial charge in [0.05, 0.1) is 15.2 Å². The van der Waals surface area contributed by atoms with Crippen LogP contribution in [0.2, 0.25) is 0 Å². The number of hydrogen-bond donors (Lipinski definition) is 1. The summed E-state index contributed by atoms with van der Waals surface area (Å²) in [6.45, 7) is 1.97. The van der Waals surface area contributed by atoms with Crippen LogP contribution < -0.4 is 10.1 Å². The first kappa shape index (κ1) is 19.1. The summed E-state index contributed by atoms with van der Waals surface area (Å²) < 4.78 is 19.9. The average Bonchev–Trinajstić information content (AvgIpc) is 3.08. The summed E-state index contributed by atoms with van der Waals surface area (Å²) in [6.07, 6.45) is 0.943. The third kappa shape index (κ3) is 4.97. The number of aromatic nitrogens is 1. The van der Waals surface area contributed by atoms with E-state index < -0.39 is 0 Å². The van der Waals surface area contributed by atoms with Gasteiger partial charge in [-0.15, -0.1) is 11.3 Å². The summed E-state index contributed by atoms with van der Waals surface area (Å²) in [4.78, 5) is 16.8. The Hall–Kier alpha value is -3.25. The number of amides is 1. The van der Waals surface area contributed by atoms with Crippen LogP contribution in [0.15, 0.2) is 66.7 Å². The van der Waals surface area contributed by atoms with Crippen molar-refractivity contribution in [3.8, 4) is 11.5 Å². The van der Waals surface area contributed by atoms with Crippen LogP contribution in [0.3, 0.4) is 0 Å². The number of benzene rings is 3. The van der Waals surface area contributed by atoms with Crippen LogP contribution >= 0.6 is 11.3 Å². The molecule has 0 aliphatic heterocycles. The van der Waals surface area contributed by atoms with Gasteiger partial charge in [-0.25, -0.2) is 9.37 Å². The second-order valence-corrected chi connectivity index (χ2v) is 7.90. The molecule has 4 nitrogen and oxygen atoms in total. The molecule has 0 saturated heterocycles. The Morgan fingerprint density at radius 2 is 1.90 bits per heavy atom. The van der Waals surface area contributed by atoms with Gasteiger partial charge in [0, 0.05) is 12.1 Å². The number of aryl methyl sites for hydroxylation is 2. The Kier molecular flexibility index (Phi) is 5.53. The van der Waals surface area contributed by atoms with Gasteiger partial charge in [-0.1, -0.05) is 12.1 Å². The third-order valence-corrected chi connectivity index (χ3v) is 5.32. The normalized spacial score (nSPS) is 10.8. The van der Waals surface area contributed by atoms with Gasteiger partial charge in [-0.2, -0.15) is 0 Å². The molecule has 4 aromatic rings. The van der Waals surface area contributed by atoms with Crippen molar-refractivity contribution in [1.82, 2.24) is 4.98 Å². The summed E-state index contributed by atoms with van der Waals surface area (Å²) in [7, 11) is 0. The predicted molar refractivity (Wildman–Crippen MR) is 114 cm³/mol. The fraction of sp³-hybridized carbons (Fsp3) is 0.130. The third-order valence-electron chi connectivity index (χ3n) is 4.37. The molecule has 29 heavy (non-hydrogen) atoms. The van der Waals surface area contributed by atoms with E-state index in [1.807, 2.05) is 49.4 Å². The minimum atomic E-state index is -0.304. The first-order valence-corrected chi connectivity index (χ1v) is 10.1. The molecule has 0 aliphatic rings. The highest BCUT2D eigenvalue weighted by Crippen LogP contribution is 2.25. The number of thiazole rings is 1. The highest BCUT2D eigenvalue weighted by atomic mass is 32.1. The number of hydrogen-bond acceptors (Lipinski definition) is 4. The Balaban J connectivity index is 1.35. The van der Waals surface area contributed by atoms with E-state index in [1.165, 1.54) is 12.1 Å². The number of fused-ring (bicyclic) bond motifs is 1. The molecule has 3 aromatic carbocycles. The summed E-state index contributed by atoms with van der Waals surface area (Å²) >= 11 is 1.64. The maximum Gasteiger partial charge on any atom is 0.224 e. The maximum atomic E-state index is 13.0. The molecule has 1 heterocycles. The number of nitrogens with zero attached hydrogens (tertiary/aromatic N) is 1. The van der Waals surface area contributed by atoms with E-state index in [4.69, 9.17) is 4.74 Å². The molecule has 146 valence electrons. The lowest BCUT2D eigenvalue weighted by atomic mass is 10.1. The van der Waals surface area contributed by atoms with Crippen molar-refractivity contribution in [2.24, 2.45) is 0 Å². The Bertz CT molecular complexity index is 1160. The smallest absolute Gasteiger partial charge is 0.224 e. The molecule has 0 spiro atoms. The van der Waals surface area contributed by atoms with E-state index in [0.29, 0.717) is 24.3 Å². The molecular weight excluding hydrogens is 387 g/mol. The van der Waals surface area contributed by atoms with Crippen molar-refractivity contribution in [1.29, 1.82) is 0 Å². The Morgan fingerprint density at radius 1 is 1.07 bits per heavy atom. The van der Waals surface area contributed by atoms with Crippen LogP contribution in [0.25, 0.3) is 10.2 Å². The van der Waals surface area contributed by atoms with E-state index in [-0.39, 0.29) is 11.7 Å². The van der Waals surface area contributed by atoms with Gasteiger partial charge in [-0.3, -0.25) is 4.79 Å². The molecule has 0 bridgehead atoms. The molecule has 6 heteroatoms. The predicted octanol–water partition coefficient (Wildman–Crippen LogP) is 6.11. The van der Waals surface area contributed by atoms with Gasteiger partial charge in [-0.05, 0) is 73.5 Å². The molecule has 0 radical (unpaired) electrons. The molecule has 1 aromatic heterocycles. The minimum Gasteiger partial charge on any atom is -0.457 e. The number of rotatable bonds is 6. The second-order valence-electron chi connectivity index (χ2n) is 6.67. The van der Waals surface area contributed by atoms with Crippen molar-refractivity contribution >= 4 is 33.1 Å². The highest BCUT2D eigenvalue weighted by Gasteiger charge is 2.07. The van der Waals surface area contributed by atoms with Gasteiger partial charge in [0.2, 0.25) is 5.91 Å². The van der Waals surface area contributed by atoms with E-state index in [0.717, 1.165) is 26.5 Å². The van der Waals surface area contributed by atoms with Gasteiger partial charge < -0.3 is 10.1 Å². The summed E-state index contributed by atoms with van der Waals surface area (Å²) in [6, 6.07) is 19.2. The molecule has 0 atom stereocenters. The standard InChI is InChI=1S/C23H19FN2O2S/c1-15-25-21-14-18(8-11-22(21)29-15)26-23(27)12-5-16-3-2-4-20(13-16)28-19-9-6-17(24)7-10-19/h2-4,6-11,13-14H,5,12H2,1H3,(H,26,27). The maximum absolute atomic E-state index is 13.0. The monoisotopic (exact) mass is 406 g/mol. The van der Waals surface area contributed by atoms with Crippen molar-refractivity contribution in [3.63, 3.8) is 0 Å². The SMILES string of the molecule is Cc1nc2cc(NC(=O)CCc3cccc(Oc4ccc(F)cc4)c3)ccc2s1. The molecule has 0 fully saturated rings. The van der Waals surface area contributed by atoms with Crippen LogP contribution in [-0.4, -0.2) is 10.9 Å². The average molecular weight is 406 g/mol. The lowest BCUT2D eigenvalue weighted by Gasteiger charge is -2.08. The molecule has 1 amide bonds. The molecular formula is C23H19FN2O2S. The lowest BCUT2D eigenvalue weighted by Crippen LogP contribution is -2.12. The Morgan fingerprint density at radius 3 is 2.72 bits per heavy atom. The molecule has 0 unspecified atom stereocenters. The number of carbonyl (C=O) groups excluding carboxylic acids is 1. The summed E-state index contributed by atoms with van der Waals surface area (Å²) in [5.41, 5.74) is 2.64. The summed E-state index contributed by atoms with van der Waals surface area (Å²) in [5.74, 6) is 0.857. The highest BCUT2D eigenvalue weighted by molar-refractivity contribution is 7.18. The van der Waals surface area contributed by atoms with E-state index >= 15 is 0 Å². The van der Waals surface area contributed by atoms with Crippen LogP contribution in [0, 0.1) is 12.7 Å². The number of anilines is 1. The zero-order valence-electron chi connectivity index (χ0n) is 15.8. The Labute approximate surface area is 172 Å². The molecule has 1 N–H and O–H groups in total. The van der Waals surface area contributed by atoms with Crippen molar-refractivity contribution in [2.45, 2.75) is 19.8 Å². The number of ether oxygens (including phenoxy) is 1. The van der Waals surface area contributed by atoms with Crippen molar-refractivity contribution in [2.75, 3.05) is 5.32 Å². The minimum absolute atomic E-state index is 0.0545. The fourth-order valence-electron chi connectivity index (χ4n) is 3.00. The summed E-state index contributed by atoms with van der Waals surface area (Å²) in [5, 5.41) is 3.94. The van der Waals surface area contributed by atoms with Gasteiger partial charge in [0.15, 0.2) is 0 Å². The van der Waals surface area contributed by atoms with Crippen LogP contribution in [0.5, 0.6) is 11.5 Å². The topological polar surface area (TPSA) is 51.2 Å². The number of carbonyl (C=O) groups is 1. The molecule has 0 aliphatic carbocycles. The number of halogens is 1. The van der Waals surface area contributed by atoms with E-state index in [9.17, 15) is 9.18 Å². The zero-order chi connectivity index (χ0) is 20.2. The van der Waals surface area contributed by atoms with Gasteiger partial charge in [0.1, 0.15) is 17.3 Å². The largest absolute Gasteiger partial charge is 0.457 e. The van der Waals surface area contributed by atoms with Crippen LogP contribution in [0.4, 0.5) is 10.1 Å². The van der Waals surface area contributed by atoms with E-state index in [1.54, 1.807) is 23.5 Å². The van der Waals surface area contributed by atoms with Gasteiger partial charge >= 0.3 is 0 Å². The van der Waals surface area contributed by atoms with E-state index in [2.05, 4.69) is 10.3 Å². The van der Waals surface area contributed by atoms with Crippen LogP contribution in [0.1, 0.15) is 17.0 Å². The lowest BCUT2D eigenvalue weighted by molar-refractivity contribution is -0.116. The molecule has 4 rings (SSSR count).